The van der Waals surface area contributed by atoms with Gasteiger partial charge in [-0.3, -0.25) is 19.3 Å². The maximum absolute atomic E-state index is 13.8. The number of H-pyrrole nitrogens is 1. The highest BCUT2D eigenvalue weighted by Crippen LogP contribution is 2.68. The number of imide groups is 1. The summed E-state index contributed by atoms with van der Waals surface area (Å²) in [6.45, 7) is 1.75. The average Bonchev–Trinajstić information content (AvgIpc) is 3.74. The Labute approximate surface area is 271 Å². The third kappa shape index (κ3) is 4.49. The molecule has 2 bridgehead atoms. The lowest BCUT2D eigenvalue weighted by atomic mass is 9.68. The summed E-state index contributed by atoms with van der Waals surface area (Å²) in [5.74, 6) is -1.48. The molecule has 2 saturated carbocycles. The minimum Gasteiger partial charge on any atom is -0.493 e. The monoisotopic (exact) mass is 674 g/mol. The van der Waals surface area contributed by atoms with Crippen LogP contribution in [0.4, 0.5) is 0 Å². The predicted molar refractivity (Wildman–Crippen MR) is 166 cm³/mol. The molecule has 0 spiro atoms. The largest absolute Gasteiger partial charge is 0.493 e. The van der Waals surface area contributed by atoms with Crippen LogP contribution in [0.5, 0.6) is 11.5 Å². The number of rotatable bonds is 7. The first-order chi connectivity index (χ1) is 21.1. The molecule has 0 radical (unpaired) electrons. The number of benzene rings is 2. The van der Waals surface area contributed by atoms with E-state index < -0.39 is 23.8 Å². The van der Waals surface area contributed by atoms with Gasteiger partial charge in [-0.05, 0) is 60.9 Å². The number of carbonyl (C=O) groups is 3. The third-order valence-electron chi connectivity index (χ3n) is 9.63. The van der Waals surface area contributed by atoms with E-state index in [4.69, 9.17) is 37.4 Å². The summed E-state index contributed by atoms with van der Waals surface area (Å²) in [4.78, 5) is 57.3. The van der Waals surface area contributed by atoms with E-state index in [1.54, 1.807) is 31.0 Å². The van der Waals surface area contributed by atoms with Crippen molar-refractivity contribution in [1.82, 2.24) is 9.88 Å². The molecule has 7 rings (SSSR count). The number of esters is 1. The van der Waals surface area contributed by atoms with Gasteiger partial charge in [-0.15, -0.1) is 11.8 Å². The standard InChI is InChI=1S/C31H28Cl2N2O7S2/c1-12(30(38)41-3)35-28(36)23-16-10-17(24(23)29(35)37)25-22(16)21(26-27(43-25)34-31(39)44-26)13-5-7-19(20(8-13)40-2)42-11-14-4-6-15(32)9-18(14)33/h4-9,12,16-17,21-25H,10-11H2,1-3H3,(H,34,39). The van der Waals surface area contributed by atoms with Crippen LogP contribution in [0.3, 0.4) is 0 Å². The second-order valence-electron chi connectivity index (χ2n) is 11.6. The van der Waals surface area contributed by atoms with Crippen molar-refractivity contribution in [2.24, 2.45) is 29.6 Å². The summed E-state index contributed by atoms with van der Waals surface area (Å²) in [6, 6.07) is 10.0. The Bertz CT molecular complexity index is 1760. The molecule has 1 saturated heterocycles. The Balaban J connectivity index is 1.23. The lowest BCUT2D eigenvalue weighted by Gasteiger charge is -2.43. The lowest BCUT2D eigenvalue weighted by molar-refractivity contribution is -0.156. The van der Waals surface area contributed by atoms with Crippen LogP contribution in [0, 0.1) is 29.6 Å². The third-order valence-corrected chi connectivity index (χ3v) is 12.8. The highest BCUT2D eigenvalue weighted by molar-refractivity contribution is 8.00. The summed E-state index contributed by atoms with van der Waals surface area (Å²) in [6.07, 6.45) is 0.742. The molecule has 1 N–H and O–H groups in total. The van der Waals surface area contributed by atoms with Crippen molar-refractivity contribution >= 4 is 64.1 Å². The Morgan fingerprint density at radius 3 is 2.50 bits per heavy atom. The van der Waals surface area contributed by atoms with Gasteiger partial charge in [0, 0.05) is 31.7 Å². The molecule has 3 fully saturated rings. The van der Waals surface area contributed by atoms with Crippen LogP contribution in [0.2, 0.25) is 10.0 Å². The van der Waals surface area contributed by atoms with Crippen molar-refractivity contribution in [1.29, 1.82) is 0 Å². The van der Waals surface area contributed by atoms with Gasteiger partial charge < -0.3 is 19.2 Å². The molecular weight excluding hydrogens is 647 g/mol. The predicted octanol–water partition coefficient (Wildman–Crippen LogP) is 5.37. The second-order valence-corrected chi connectivity index (χ2v) is 14.7. The number of nitrogens with zero attached hydrogens (tertiary/aromatic N) is 1. The summed E-state index contributed by atoms with van der Waals surface area (Å²) in [5, 5.41) is 1.87. The summed E-state index contributed by atoms with van der Waals surface area (Å²) >= 11 is 15.2. The number of aromatic amines is 1. The number of hydrogen-bond donors (Lipinski definition) is 1. The average molecular weight is 676 g/mol. The molecule has 3 heterocycles. The van der Waals surface area contributed by atoms with Crippen LogP contribution in [0.15, 0.2) is 46.2 Å². The van der Waals surface area contributed by atoms with Crippen LogP contribution >= 0.6 is 46.3 Å². The van der Waals surface area contributed by atoms with Crippen molar-refractivity contribution in [3.63, 3.8) is 0 Å². The Morgan fingerprint density at radius 2 is 1.80 bits per heavy atom. The van der Waals surface area contributed by atoms with Crippen molar-refractivity contribution in [3.8, 4) is 11.5 Å². The number of carbonyl (C=O) groups excluding carboxylic acids is 3. The second kappa shape index (κ2) is 11.1. The van der Waals surface area contributed by atoms with E-state index in [1.807, 2.05) is 24.3 Å². The number of ether oxygens (including phenoxy) is 3. The van der Waals surface area contributed by atoms with Gasteiger partial charge in [0.2, 0.25) is 11.8 Å². The molecule has 1 aromatic heterocycles. The number of aromatic nitrogens is 1. The smallest absolute Gasteiger partial charge is 0.328 e. The lowest BCUT2D eigenvalue weighted by Crippen LogP contribution is -2.45. The van der Waals surface area contributed by atoms with Gasteiger partial charge in [0.1, 0.15) is 12.6 Å². The molecule has 9 nitrogen and oxygen atoms in total. The number of halogens is 2. The molecule has 4 aliphatic rings. The van der Waals surface area contributed by atoms with Gasteiger partial charge in [0.25, 0.3) is 0 Å². The SMILES string of the molecule is COC(=O)C(C)N1C(=O)C2C3CC(C2C1=O)C1C(c2ccc(OCc4ccc(Cl)cc4Cl)c(OC)c2)c2sc(=O)[nH]c2SC31. The fourth-order valence-electron chi connectivity index (χ4n) is 7.86. The van der Waals surface area contributed by atoms with Crippen molar-refractivity contribution in [3.05, 3.63) is 72.1 Å². The summed E-state index contributed by atoms with van der Waals surface area (Å²) < 4.78 is 16.7. The minimum atomic E-state index is -0.979. The topological polar surface area (TPSA) is 115 Å². The normalized spacial score (nSPS) is 28.8. The summed E-state index contributed by atoms with van der Waals surface area (Å²) in [5.41, 5.74) is 1.71. The first-order valence-electron chi connectivity index (χ1n) is 14.2. The van der Waals surface area contributed by atoms with E-state index in [-0.39, 0.29) is 52.2 Å². The molecule has 8 unspecified atom stereocenters. The molecule has 3 aromatic rings. The molecule has 44 heavy (non-hydrogen) atoms. The number of methoxy groups -OCH3 is 2. The molecule has 2 aliphatic heterocycles. The first kappa shape index (κ1) is 29.7. The zero-order chi connectivity index (χ0) is 31.0. The van der Waals surface area contributed by atoms with Crippen molar-refractivity contribution in [2.75, 3.05) is 14.2 Å². The van der Waals surface area contributed by atoms with Gasteiger partial charge >= 0.3 is 10.8 Å². The van der Waals surface area contributed by atoms with Crippen LogP contribution in [0.25, 0.3) is 0 Å². The van der Waals surface area contributed by atoms with Crippen LogP contribution < -0.4 is 14.3 Å². The Hall–Kier alpha value is -2.99. The number of fused-ring (bicyclic) bond motifs is 9. The van der Waals surface area contributed by atoms with Crippen molar-refractivity contribution < 1.29 is 28.6 Å². The molecule has 230 valence electrons. The van der Waals surface area contributed by atoms with Crippen molar-refractivity contribution in [2.45, 2.75) is 42.2 Å². The molecule has 2 amide bonds. The van der Waals surface area contributed by atoms with Crippen LogP contribution in [-0.2, 0) is 25.7 Å². The number of amides is 2. The van der Waals surface area contributed by atoms with E-state index in [2.05, 4.69) is 4.98 Å². The number of nitrogens with one attached hydrogen (secondary N) is 1. The first-order valence-corrected chi connectivity index (χ1v) is 16.7. The highest BCUT2D eigenvalue weighted by atomic mass is 35.5. The number of thiazole rings is 1. The Kier molecular flexibility index (Phi) is 7.50. The quantitative estimate of drug-likeness (QED) is 0.263. The number of thioether (sulfide) groups is 1. The van der Waals surface area contributed by atoms with E-state index >= 15 is 0 Å². The molecule has 2 aliphatic carbocycles. The van der Waals surface area contributed by atoms with E-state index in [9.17, 15) is 19.2 Å². The zero-order valence-electron chi connectivity index (χ0n) is 23.9. The van der Waals surface area contributed by atoms with Gasteiger partial charge in [-0.25, -0.2) is 4.79 Å². The van der Waals surface area contributed by atoms with E-state index in [1.165, 1.54) is 25.4 Å². The fourth-order valence-corrected chi connectivity index (χ4v) is 11.2. The van der Waals surface area contributed by atoms with Crippen LogP contribution in [-0.4, -0.2) is 53.2 Å². The van der Waals surface area contributed by atoms with Gasteiger partial charge in [-0.2, -0.15) is 0 Å². The van der Waals surface area contributed by atoms with E-state index in [0.717, 1.165) is 32.4 Å². The Morgan fingerprint density at radius 1 is 1.05 bits per heavy atom. The van der Waals surface area contributed by atoms with Crippen LogP contribution in [0.1, 0.15) is 35.3 Å². The minimum absolute atomic E-state index is 0.000295. The molecular formula is C31H28Cl2N2O7S2. The molecule has 2 aromatic carbocycles. The maximum Gasteiger partial charge on any atom is 0.328 e. The molecule has 13 heteroatoms. The maximum atomic E-state index is 13.8. The fraction of sp³-hybridized carbons (Fsp3) is 0.419. The van der Waals surface area contributed by atoms with E-state index in [0.29, 0.717) is 21.5 Å². The number of hydrogen-bond acceptors (Lipinski definition) is 9. The number of likely N-dealkylation sites (tertiary alicyclic amines) is 1. The van der Waals surface area contributed by atoms with Gasteiger partial charge in [0.05, 0.1) is 31.1 Å². The zero-order valence-corrected chi connectivity index (χ0v) is 27.0. The van der Waals surface area contributed by atoms with Gasteiger partial charge in [-0.1, -0.05) is 46.7 Å². The summed E-state index contributed by atoms with van der Waals surface area (Å²) in [7, 11) is 2.82. The molecule has 8 atom stereocenters. The highest BCUT2D eigenvalue weighted by Gasteiger charge is 2.70. The van der Waals surface area contributed by atoms with Gasteiger partial charge in [0.15, 0.2) is 11.5 Å².